The summed E-state index contributed by atoms with van der Waals surface area (Å²) in [5, 5.41) is 5.22. The van der Waals surface area contributed by atoms with Gasteiger partial charge in [0.1, 0.15) is 0 Å². The molecule has 1 aliphatic rings. The van der Waals surface area contributed by atoms with Gasteiger partial charge in [-0.25, -0.2) is 4.98 Å². The van der Waals surface area contributed by atoms with Crippen LogP contribution in [0.2, 0.25) is 0 Å². The Balaban J connectivity index is 1.60. The number of carbonyl (C=O) groups excluding carboxylic acids is 1. The molecule has 0 bridgehead atoms. The first-order valence-electron chi connectivity index (χ1n) is 9.18. The van der Waals surface area contributed by atoms with Crippen molar-refractivity contribution in [3.8, 4) is 0 Å². The van der Waals surface area contributed by atoms with E-state index in [0.29, 0.717) is 6.54 Å². The lowest BCUT2D eigenvalue weighted by Crippen LogP contribution is -2.53. The van der Waals surface area contributed by atoms with Gasteiger partial charge in [-0.1, -0.05) is 18.6 Å². The van der Waals surface area contributed by atoms with Gasteiger partial charge in [0.15, 0.2) is 0 Å². The average Bonchev–Trinajstić information content (AvgIpc) is 3.19. The molecule has 1 aromatic carbocycles. The smallest absolute Gasteiger partial charge is 0.252 e. The van der Waals surface area contributed by atoms with Crippen molar-refractivity contribution in [3.63, 3.8) is 0 Å². The Morgan fingerprint density at radius 2 is 2.04 bits per heavy atom. The van der Waals surface area contributed by atoms with Crippen molar-refractivity contribution in [2.24, 2.45) is 0 Å². The lowest BCUT2D eigenvalue weighted by atomic mass is 9.98. The summed E-state index contributed by atoms with van der Waals surface area (Å²) in [5.41, 5.74) is 3.64. The third-order valence-corrected chi connectivity index (χ3v) is 6.63. The van der Waals surface area contributed by atoms with Crippen LogP contribution in [0.1, 0.15) is 49.2 Å². The first kappa shape index (κ1) is 19.4. The largest absolute Gasteiger partial charge is 0.350 e. The second kappa shape index (κ2) is 9.02. The van der Waals surface area contributed by atoms with Gasteiger partial charge in [-0.15, -0.1) is 23.1 Å². The van der Waals surface area contributed by atoms with Gasteiger partial charge >= 0.3 is 0 Å². The molecular weight excluding hydrogens is 362 g/mol. The molecule has 1 N–H and O–H groups in total. The van der Waals surface area contributed by atoms with Gasteiger partial charge in [0.05, 0.1) is 16.8 Å². The van der Waals surface area contributed by atoms with Crippen LogP contribution in [0, 0.1) is 0 Å². The van der Waals surface area contributed by atoms with Crippen LogP contribution in [0.15, 0.2) is 40.1 Å². The van der Waals surface area contributed by atoms with Crippen molar-refractivity contribution in [2.75, 3.05) is 19.6 Å². The molecule has 0 atom stereocenters. The number of thiazole rings is 1. The van der Waals surface area contributed by atoms with Gasteiger partial charge in [0.2, 0.25) is 0 Å². The molecule has 140 valence electrons. The highest BCUT2D eigenvalue weighted by atomic mass is 32.2. The molecule has 1 saturated heterocycles. The van der Waals surface area contributed by atoms with E-state index < -0.39 is 0 Å². The lowest BCUT2D eigenvalue weighted by Gasteiger charge is -2.41. The number of piperidine rings is 1. The van der Waals surface area contributed by atoms with E-state index >= 15 is 0 Å². The Hall–Kier alpha value is -1.37. The molecule has 0 saturated carbocycles. The highest BCUT2D eigenvalue weighted by Crippen LogP contribution is 2.26. The van der Waals surface area contributed by atoms with Crippen LogP contribution < -0.4 is 5.32 Å². The topological polar surface area (TPSA) is 45.2 Å². The summed E-state index contributed by atoms with van der Waals surface area (Å²) >= 11 is 3.27. The molecule has 0 spiro atoms. The summed E-state index contributed by atoms with van der Waals surface area (Å²) in [6.45, 7) is 7.37. The highest BCUT2D eigenvalue weighted by molar-refractivity contribution is 7.98. The minimum Gasteiger partial charge on any atom is -0.350 e. The Morgan fingerprint density at radius 1 is 1.27 bits per heavy atom. The Bertz CT molecular complexity index is 710. The maximum absolute atomic E-state index is 12.8. The normalized spacial score (nSPS) is 15.8. The number of hydrogen-bond acceptors (Lipinski definition) is 5. The highest BCUT2D eigenvalue weighted by Gasteiger charge is 2.28. The van der Waals surface area contributed by atoms with Gasteiger partial charge in [0.25, 0.3) is 5.91 Å². The quantitative estimate of drug-likeness (QED) is 0.712. The Labute approximate surface area is 164 Å². The van der Waals surface area contributed by atoms with Gasteiger partial charge in [-0.3, -0.25) is 9.69 Å². The van der Waals surface area contributed by atoms with Gasteiger partial charge in [-0.05, 0) is 51.9 Å². The maximum atomic E-state index is 12.8. The summed E-state index contributed by atoms with van der Waals surface area (Å²) < 4.78 is 0. The molecule has 3 rings (SSSR count). The van der Waals surface area contributed by atoms with E-state index in [1.807, 2.05) is 29.8 Å². The number of hydrogen-bond donors (Lipinski definition) is 1. The molecular formula is C20H27N3OS2. The fourth-order valence-corrected chi connectivity index (χ4v) is 4.86. The number of amides is 1. The summed E-state index contributed by atoms with van der Waals surface area (Å²) in [7, 11) is 0. The third-order valence-electron chi connectivity index (χ3n) is 4.88. The number of rotatable bonds is 7. The van der Waals surface area contributed by atoms with E-state index in [4.69, 9.17) is 0 Å². The maximum Gasteiger partial charge on any atom is 0.252 e. The van der Waals surface area contributed by atoms with E-state index in [0.717, 1.165) is 35.0 Å². The molecule has 0 aliphatic carbocycles. The number of likely N-dealkylation sites (tertiary alicyclic amines) is 1. The third kappa shape index (κ3) is 5.09. The number of thioether (sulfide) groups is 1. The number of aromatic nitrogens is 1. The minimum atomic E-state index is -0.0151. The molecule has 1 aliphatic heterocycles. The minimum absolute atomic E-state index is 0.0106. The van der Waals surface area contributed by atoms with Crippen LogP contribution >= 0.6 is 23.1 Å². The predicted octanol–water partition coefficient (Wildman–Crippen LogP) is 4.43. The molecule has 26 heavy (non-hydrogen) atoms. The summed E-state index contributed by atoms with van der Waals surface area (Å²) in [6.07, 6.45) is 3.84. The standard InChI is InChI=1S/C20H27N3OS2/c1-20(2,23-10-6-3-7-11-23)14-21-19(24)17-8-4-5-9-18(17)26-13-16-12-25-15-22-16/h4-5,8-9,12,15H,3,6-7,10-11,13-14H2,1-2H3,(H,21,24). The number of nitrogens with zero attached hydrogens (tertiary/aromatic N) is 2. The van der Waals surface area contributed by atoms with Crippen LogP contribution in [0.5, 0.6) is 0 Å². The van der Waals surface area contributed by atoms with Crippen molar-refractivity contribution in [1.29, 1.82) is 0 Å². The Kier molecular flexibility index (Phi) is 6.73. The second-order valence-corrected chi connectivity index (χ2v) is 9.04. The van der Waals surface area contributed by atoms with E-state index in [1.165, 1.54) is 19.3 Å². The van der Waals surface area contributed by atoms with E-state index in [9.17, 15) is 4.79 Å². The van der Waals surface area contributed by atoms with Crippen LogP contribution in [0.25, 0.3) is 0 Å². The summed E-state index contributed by atoms with van der Waals surface area (Å²) in [6, 6.07) is 7.84. The van der Waals surface area contributed by atoms with Crippen LogP contribution in [0.3, 0.4) is 0 Å². The second-order valence-electron chi connectivity index (χ2n) is 7.31. The molecule has 0 radical (unpaired) electrons. The molecule has 6 heteroatoms. The first-order valence-corrected chi connectivity index (χ1v) is 11.1. The van der Waals surface area contributed by atoms with Crippen LogP contribution in [0.4, 0.5) is 0 Å². The van der Waals surface area contributed by atoms with Gasteiger partial charge < -0.3 is 5.32 Å². The van der Waals surface area contributed by atoms with Crippen LogP contribution in [-0.2, 0) is 5.75 Å². The monoisotopic (exact) mass is 389 g/mol. The fourth-order valence-electron chi connectivity index (χ4n) is 3.24. The lowest BCUT2D eigenvalue weighted by molar-refractivity contribution is 0.0795. The van der Waals surface area contributed by atoms with Crippen molar-refractivity contribution in [1.82, 2.24) is 15.2 Å². The van der Waals surface area contributed by atoms with E-state index in [-0.39, 0.29) is 11.4 Å². The van der Waals surface area contributed by atoms with Gasteiger partial charge in [-0.2, -0.15) is 0 Å². The number of carbonyl (C=O) groups is 1. The predicted molar refractivity (Wildman–Crippen MR) is 110 cm³/mol. The molecule has 2 aromatic rings. The van der Waals surface area contributed by atoms with E-state index in [2.05, 4.69) is 34.4 Å². The molecule has 0 unspecified atom stereocenters. The van der Waals surface area contributed by atoms with Crippen molar-refractivity contribution >= 4 is 29.0 Å². The van der Waals surface area contributed by atoms with Crippen molar-refractivity contribution < 1.29 is 4.79 Å². The molecule has 1 fully saturated rings. The van der Waals surface area contributed by atoms with E-state index in [1.54, 1.807) is 23.1 Å². The Morgan fingerprint density at radius 3 is 2.77 bits per heavy atom. The van der Waals surface area contributed by atoms with Gasteiger partial charge in [0, 0.05) is 28.1 Å². The zero-order valence-corrected chi connectivity index (χ0v) is 17.2. The summed E-state index contributed by atoms with van der Waals surface area (Å²) in [5.74, 6) is 0.795. The SMILES string of the molecule is CC(C)(CNC(=O)c1ccccc1SCc1cscn1)N1CCCCC1. The van der Waals surface area contributed by atoms with Crippen LogP contribution in [-0.4, -0.2) is 41.0 Å². The molecule has 2 heterocycles. The summed E-state index contributed by atoms with van der Waals surface area (Å²) in [4.78, 5) is 20.6. The fraction of sp³-hybridized carbons (Fsp3) is 0.500. The molecule has 1 amide bonds. The number of benzene rings is 1. The average molecular weight is 390 g/mol. The van der Waals surface area contributed by atoms with Crippen molar-refractivity contribution in [3.05, 3.63) is 46.4 Å². The molecule has 1 aromatic heterocycles. The zero-order valence-electron chi connectivity index (χ0n) is 15.5. The number of nitrogens with one attached hydrogen (secondary N) is 1. The molecule has 4 nitrogen and oxygen atoms in total. The van der Waals surface area contributed by atoms with Crippen molar-refractivity contribution in [2.45, 2.75) is 49.3 Å². The zero-order chi connectivity index (χ0) is 18.4. The first-order chi connectivity index (χ1) is 12.6.